The number of pyridine rings is 1. The lowest BCUT2D eigenvalue weighted by molar-refractivity contribution is 0.0952. The van der Waals surface area contributed by atoms with Crippen molar-refractivity contribution in [1.82, 2.24) is 9.88 Å². The molecule has 3 aromatic rings. The predicted molar refractivity (Wildman–Crippen MR) is 101 cm³/mol. The molecule has 0 unspecified atom stereocenters. The fraction of sp³-hybridized carbons (Fsp3) is 0.263. The van der Waals surface area contributed by atoms with E-state index in [-0.39, 0.29) is 11.5 Å². The van der Waals surface area contributed by atoms with Crippen molar-refractivity contribution in [2.45, 2.75) is 20.4 Å². The van der Waals surface area contributed by atoms with Gasteiger partial charge >= 0.3 is 0 Å². The zero-order valence-electron chi connectivity index (χ0n) is 14.5. The Balaban J connectivity index is 1.82. The molecule has 25 heavy (non-hydrogen) atoms. The van der Waals surface area contributed by atoms with E-state index in [2.05, 4.69) is 5.32 Å². The molecule has 2 aromatic heterocycles. The van der Waals surface area contributed by atoms with Gasteiger partial charge in [0.1, 0.15) is 5.75 Å². The second kappa shape index (κ2) is 7.11. The number of fused-ring (bicyclic) bond motifs is 1. The number of carbonyl (C=O) groups excluding carboxylic acids is 1. The summed E-state index contributed by atoms with van der Waals surface area (Å²) in [7, 11) is 1.69. The first-order valence-electron chi connectivity index (χ1n) is 8.10. The monoisotopic (exact) mass is 356 g/mol. The minimum atomic E-state index is -0.221. The lowest BCUT2D eigenvalue weighted by Crippen LogP contribution is -2.25. The van der Waals surface area contributed by atoms with Gasteiger partial charge in [0, 0.05) is 29.4 Å². The van der Waals surface area contributed by atoms with Crippen LogP contribution < -0.4 is 15.6 Å². The second-order valence-electron chi connectivity index (χ2n) is 5.76. The number of nitrogens with one attached hydrogen (secondary N) is 1. The number of hydrogen-bond donors (Lipinski definition) is 1. The molecule has 0 aliphatic carbocycles. The summed E-state index contributed by atoms with van der Waals surface area (Å²) >= 11 is 1.47. The number of thiophene rings is 1. The minimum absolute atomic E-state index is 0.145. The highest BCUT2D eigenvalue weighted by atomic mass is 32.1. The quantitative estimate of drug-likeness (QED) is 0.763. The summed E-state index contributed by atoms with van der Waals surface area (Å²) in [6.07, 6.45) is 1.72. The third-order valence-corrected chi connectivity index (χ3v) is 5.08. The van der Waals surface area contributed by atoms with Crippen LogP contribution in [0.1, 0.15) is 27.7 Å². The average Bonchev–Trinajstić information content (AvgIpc) is 2.94. The molecule has 1 N–H and O–H groups in total. The molecular formula is C19H20N2O3S. The molecular weight excluding hydrogens is 336 g/mol. The van der Waals surface area contributed by atoms with Gasteiger partial charge in [-0.15, -0.1) is 11.3 Å². The standard InChI is InChI=1S/C19H20N2O3S/c1-4-24-14-7-5-13(6-8-14)11-20-18(22)16-12(2)25-15-9-10-21(3)19(23)17(15)16/h5-10H,4,11H2,1-3H3,(H,20,22). The maximum absolute atomic E-state index is 12.7. The fourth-order valence-corrected chi connectivity index (χ4v) is 3.78. The Kier molecular flexibility index (Phi) is 4.90. The normalized spacial score (nSPS) is 10.8. The van der Waals surface area contributed by atoms with Crippen LogP contribution in [0, 0.1) is 6.92 Å². The van der Waals surface area contributed by atoms with Crippen LogP contribution in [0.25, 0.3) is 10.1 Å². The van der Waals surface area contributed by atoms with Crippen molar-refractivity contribution >= 4 is 27.3 Å². The summed E-state index contributed by atoms with van der Waals surface area (Å²) in [6, 6.07) is 9.47. The molecule has 0 bridgehead atoms. The van der Waals surface area contributed by atoms with E-state index in [0.717, 1.165) is 20.9 Å². The second-order valence-corrected chi connectivity index (χ2v) is 7.02. The third kappa shape index (κ3) is 3.44. The largest absolute Gasteiger partial charge is 0.494 e. The zero-order valence-corrected chi connectivity index (χ0v) is 15.3. The third-order valence-electron chi connectivity index (χ3n) is 4.01. The predicted octanol–water partition coefficient (Wildman–Crippen LogP) is 3.24. The first-order chi connectivity index (χ1) is 12.0. The van der Waals surface area contributed by atoms with E-state index in [9.17, 15) is 9.59 Å². The Hall–Kier alpha value is -2.60. The van der Waals surface area contributed by atoms with Crippen molar-refractivity contribution in [1.29, 1.82) is 0 Å². The number of benzene rings is 1. The summed E-state index contributed by atoms with van der Waals surface area (Å²) in [5.74, 6) is 0.585. The van der Waals surface area contributed by atoms with Gasteiger partial charge in [0.2, 0.25) is 0 Å². The Morgan fingerprint density at radius 3 is 2.64 bits per heavy atom. The number of aryl methyl sites for hydroxylation is 2. The first-order valence-corrected chi connectivity index (χ1v) is 8.91. The Morgan fingerprint density at radius 1 is 1.24 bits per heavy atom. The molecule has 0 aliphatic rings. The van der Waals surface area contributed by atoms with Crippen LogP contribution in [-0.4, -0.2) is 17.1 Å². The van der Waals surface area contributed by atoms with Crippen LogP contribution in [0.2, 0.25) is 0 Å². The molecule has 0 saturated carbocycles. The smallest absolute Gasteiger partial charge is 0.259 e. The number of ether oxygens (including phenoxy) is 1. The van der Waals surface area contributed by atoms with Gasteiger partial charge in [0.05, 0.1) is 17.6 Å². The molecule has 0 saturated heterocycles. The summed E-state index contributed by atoms with van der Waals surface area (Å²) in [6.45, 7) is 4.83. The van der Waals surface area contributed by atoms with Crippen LogP contribution in [0.5, 0.6) is 5.75 Å². The topological polar surface area (TPSA) is 60.3 Å². The van der Waals surface area contributed by atoms with E-state index in [1.54, 1.807) is 13.2 Å². The Bertz CT molecular complexity index is 971. The summed E-state index contributed by atoms with van der Waals surface area (Å²) in [5.41, 5.74) is 1.31. The minimum Gasteiger partial charge on any atom is -0.494 e. The van der Waals surface area contributed by atoms with Gasteiger partial charge < -0.3 is 14.6 Å². The van der Waals surface area contributed by atoms with E-state index in [1.165, 1.54) is 15.9 Å². The summed E-state index contributed by atoms with van der Waals surface area (Å²) < 4.78 is 7.75. The molecule has 5 nitrogen and oxygen atoms in total. The van der Waals surface area contributed by atoms with Crippen LogP contribution >= 0.6 is 11.3 Å². The van der Waals surface area contributed by atoms with Crippen LogP contribution in [0.15, 0.2) is 41.3 Å². The highest BCUT2D eigenvalue weighted by Gasteiger charge is 2.19. The van der Waals surface area contributed by atoms with Crippen LogP contribution in [-0.2, 0) is 13.6 Å². The highest BCUT2D eigenvalue weighted by Crippen LogP contribution is 2.28. The molecule has 0 aliphatic heterocycles. The van der Waals surface area contributed by atoms with Crippen molar-refractivity contribution in [3.63, 3.8) is 0 Å². The molecule has 0 fully saturated rings. The molecule has 0 spiro atoms. The van der Waals surface area contributed by atoms with Gasteiger partial charge in [-0.2, -0.15) is 0 Å². The SMILES string of the molecule is CCOc1ccc(CNC(=O)c2c(C)sc3ccn(C)c(=O)c23)cc1. The van der Waals surface area contributed by atoms with E-state index >= 15 is 0 Å². The van der Waals surface area contributed by atoms with Crippen molar-refractivity contribution in [3.8, 4) is 5.75 Å². The van der Waals surface area contributed by atoms with Gasteiger partial charge in [-0.1, -0.05) is 12.1 Å². The number of hydrogen-bond acceptors (Lipinski definition) is 4. The molecule has 6 heteroatoms. The first kappa shape index (κ1) is 17.2. The average molecular weight is 356 g/mol. The number of aromatic nitrogens is 1. The van der Waals surface area contributed by atoms with Crippen LogP contribution in [0.3, 0.4) is 0 Å². The maximum atomic E-state index is 12.7. The number of rotatable bonds is 5. The Morgan fingerprint density at radius 2 is 1.96 bits per heavy atom. The molecule has 0 radical (unpaired) electrons. The van der Waals surface area contributed by atoms with Crippen LogP contribution in [0.4, 0.5) is 0 Å². The van der Waals surface area contributed by atoms with E-state index < -0.39 is 0 Å². The molecule has 1 aromatic carbocycles. The summed E-state index contributed by atoms with van der Waals surface area (Å²) in [4.78, 5) is 25.9. The lowest BCUT2D eigenvalue weighted by Gasteiger charge is -2.07. The van der Waals surface area contributed by atoms with Gasteiger partial charge in [-0.25, -0.2) is 0 Å². The number of nitrogens with zero attached hydrogens (tertiary/aromatic N) is 1. The van der Waals surface area contributed by atoms with Gasteiger partial charge in [0.15, 0.2) is 0 Å². The molecule has 3 rings (SSSR count). The van der Waals surface area contributed by atoms with E-state index in [4.69, 9.17) is 4.74 Å². The number of carbonyl (C=O) groups is 1. The molecule has 130 valence electrons. The molecule has 0 atom stereocenters. The molecule has 2 heterocycles. The summed E-state index contributed by atoms with van der Waals surface area (Å²) in [5, 5.41) is 3.41. The highest BCUT2D eigenvalue weighted by molar-refractivity contribution is 7.19. The van der Waals surface area contributed by atoms with E-state index in [1.807, 2.05) is 44.2 Å². The van der Waals surface area contributed by atoms with Gasteiger partial charge in [0.25, 0.3) is 11.5 Å². The fourth-order valence-electron chi connectivity index (χ4n) is 2.73. The molecule has 1 amide bonds. The van der Waals surface area contributed by atoms with Crippen molar-refractivity contribution in [2.75, 3.05) is 6.61 Å². The maximum Gasteiger partial charge on any atom is 0.259 e. The van der Waals surface area contributed by atoms with Crippen molar-refractivity contribution in [3.05, 3.63) is 62.9 Å². The Labute approximate surface area is 149 Å². The number of amides is 1. The van der Waals surface area contributed by atoms with Crippen molar-refractivity contribution < 1.29 is 9.53 Å². The zero-order chi connectivity index (χ0) is 18.0. The van der Waals surface area contributed by atoms with E-state index in [0.29, 0.717) is 24.1 Å². The van der Waals surface area contributed by atoms with Gasteiger partial charge in [-0.3, -0.25) is 9.59 Å². The van der Waals surface area contributed by atoms with Gasteiger partial charge in [-0.05, 0) is 37.6 Å². The van der Waals surface area contributed by atoms with Crippen molar-refractivity contribution in [2.24, 2.45) is 7.05 Å². The lowest BCUT2D eigenvalue weighted by atomic mass is 10.1.